The summed E-state index contributed by atoms with van der Waals surface area (Å²) >= 11 is 2.32. The van der Waals surface area contributed by atoms with E-state index in [2.05, 4.69) is 20.3 Å². The summed E-state index contributed by atoms with van der Waals surface area (Å²) in [5, 5.41) is 10.7. The van der Waals surface area contributed by atoms with Gasteiger partial charge >= 0.3 is 5.97 Å². The zero-order valence-electron chi connectivity index (χ0n) is 13.5. The summed E-state index contributed by atoms with van der Waals surface area (Å²) in [4.78, 5) is 23.4. The number of halogens is 1. The first-order valence-corrected chi connectivity index (χ1v) is 9.08. The van der Waals surface area contributed by atoms with E-state index in [1.165, 1.54) is 43.1 Å². The third-order valence-corrected chi connectivity index (χ3v) is 4.88. The Morgan fingerprint density at radius 1 is 1.32 bits per heavy atom. The second-order valence-electron chi connectivity index (χ2n) is 4.70. The Bertz CT molecular complexity index is 724. The quantitative estimate of drug-likeness (QED) is 0.424. The zero-order valence-corrected chi connectivity index (χ0v) is 15.2. The van der Waals surface area contributed by atoms with E-state index in [1.807, 2.05) is 0 Å². The molecular formula is C15H16FN3O4S2. The highest BCUT2D eigenvalue weighted by molar-refractivity contribution is 8.01. The molecular weight excluding hydrogens is 369 g/mol. The molecule has 2 aromatic rings. The number of carbonyl (C=O) groups excluding carboxylic acids is 2. The second-order valence-corrected chi connectivity index (χ2v) is 6.90. The van der Waals surface area contributed by atoms with Crippen LogP contribution < -0.4 is 10.1 Å². The van der Waals surface area contributed by atoms with Crippen LogP contribution in [0.2, 0.25) is 0 Å². The first-order chi connectivity index (χ1) is 12.0. The van der Waals surface area contributed by atoms with Crippen molar-refractivity contribution < 1.29 is 23.5 Å². The molecule has 1 amide bonds. The van der Waals surface area contributed by atoms with Gasteiger partial charge in [-0.3, -0.25) is 14.9 Å². The van der Waals surface area contributed by atoms with Gasteiger partial charge in [-0.1, -0.05) is 30.0 Å². The summed E-state index contributed by atoms with van der Waals surface area (Å²) in [6.45, 7) is 1.80. The number of ether oxygens (including phenoxy) is 2. The molecule has 0 spiro atoms. The highest BCUT2D eigenvalue weighted by Gasteiger charge is 2.20. The number of rotatable bonds is 8. The van der Waals surface area contributed by atoms with Crippen LogP contribution in [0, 0.1) is 5.82 Å². The Balaban J connectivity index is 1.91. The van der Waals surface area contributed by atoms with Crippen molar-refractivity contribution in [3.63, 3.8) is 0 Å². The second kappa shape index (κ2) is 9.33. The van der Waals surface area contributed by atoms with Crippen LogP contribution in [0.5, 0.6) is 5.75 Å². The van der Waals surface area contributed by atoms with Crippen molar-refractivity contribution in [2.24, 2.45) is 0 Å². The van der Waals surface area contributed by atoms with Gasteiger partial charge in [-0.05, 0) is 30.7 Å². The predicted molar refractivity (Wildman–Crippen MR) is 92.4 cm³/mol. The number of aromatic nitrogens is 2. The van der Waals surface area contributed by atoms with Gasteiger partial charge in [-0.15, -0.1) is 10.2 Å². The molecule has 10 heteroatoms. The molecule has 2 rings (SSSR count). The smallest absolute Gasteiger partial charge is 0.316 e. The van der Waals surface area contributed by atoms with Crippen molar-refractivity contribution in [2.75, 3.05) is 18.2 Å². The average Bonchev–Trinajstić information content (AvgIpc) is 3.06. The Morgan fingerprint density at radius 3 is 2.68 bits per heavy atom. The molecule has 1 atom stereocenters. The monoisotopic (exact) mass is 385 g/mol. The summed E-state index contributed by atoms with van der Waals surface area (Å²) in [7, 11) is 1.31. The van der Waals surface area contributed by atoms with E-state index in [0.29, 0.717) is 21.6 Å². The fourth-order valence-electron chi connectivity index (χ4n) is 1.68. The summed E-state index contributed by atoms with van der Waals surface area (Å²) in [5.41, 5.74) is 0. The molecule has 0 fully saturated rings. The van der Waals surface area contributed by atoms with E-state index in [0.717, 1.165) is 11.3 Å². The maximum atomic E-state index is 12.9. The number of carbonyl (C=O) groups is 2. The van der Waals surface area contributed by atoms with Crippen molar-refractivity contribution in [3.05, 3.63) is 30.1 Å². The van der Waals surface area contributed by atoms with Gasteiger partial charge in [0.15, 0.2) is 10.4 Å². The average molecular weight is 385 g/mol. The molecule has 0 aliphatic heterocycles. The van der Waals surface area contributed by atoms with E-state index in [-0.39, 0.29) is 23.4 Å². The van der Waals surface area contributed by atoms with Crippen LogP contribution in [0.4, 0.5) is 9.52 Å². The number of hydrogen-bond acceptors (Lipinski definition) is 8. The molecule has 25 heavy (non-hydrogen) atoms. The third kappa shape index (κ3) is 5.98. The van der Waals surface area contributed by atoms with Crippen LogP contribution in [0.3, 0.4) is 0 Å². The molecule has 1 N–H and O–H groups in total. The molecule has 134 valence electrons. The highest BCUT2D eigenvalue weighted by Crippen LogP contribution is 2.26. The van der Waals surface area contributed by atoms with Crippen LogP contribution >= 0.6 is 23.1 Å². The molecule has 1 unspecified atom stereocenters. The zero-order chi connectivity index (χ0) is 18.2. The predicted octanol–water partition coefficient (Wildman–Crippen LogP) is 2.74. The van der Waals surface area contributed by atoms with Gasteiger partial charge in [0.2, 0.25) is 5.13 Å². The fraction of sp³-hybridized carbons (Fsp3) is 0.333. The number of hydrogen-bond donors (Lipinski definition) is 1. The Labute approximate surface area is 151 Å². The molecule has 0 saturated carbocycles. The number of nitrogens with zero attached hydrogens (tertiary/aromatic N) is 2. The molecule has 0 saturated heterocycles. The number of anilines is 1. The molecule has 1 heterocycles. The van der Waals surface area contributed by atoms with E-state index >= 15 is 0 Å². The van der Waals surface area contributed by atoms with Gasteiger partial charge in [0, 0.05) is 0 Å². The summed E-state index contributed by atoms with van der Waals surface area (Å²) < 4.78 is 23.6. The Kier molecular flexibility index (Phi) is 7.14. The van der Waals surface area contributed by atoms with Gasteiger partial charge in [0.05, 0.1) is 12.9 Å². The Morgan fingerprint density at radius 2 is 2.04 bits per heavy atom. The highest BCUT2D eigenvalue weighted by atomic mass is 32.2. The number of thioether (sulfide) groups is 1. The molecule has 0 bridgehead atoms. The lowest BCUT2D eigenvalue weighted by Crippen LogP contribution is -2.32. The van der Waals surface area contributed by atoms with Gasteiger partial charge < -0.3 is 9.47 Å². The number of benzene rings is 1. The van der Waals surface area contributed by atoms with Crippen LogP contribution in [0.15, 0.2) is 28.6 Å². The number of esters is 1. The minimum absolute atomic E-state index is 0.115. The van der Waals surface area contributed by atoms with Crippen LogP contribution in [-0.2, 0) is 14.3 Å². The Hall–Kier alpha value is -2.20. The maximum absolute atomic E-state index is 12.9. The minimum atomic E-state index is -0.750. The summed E-state index contributed by atoms with van der Waals surface area (Å²) in [6.07, 6.45) is -0.327. The van der Waals surface area contributed by atoms with Gasteiger partial charge in [0.25, 0.3) is 5.91 Å². The number of amides is 1. The molecule has 0 aliphatic rings. The number of methoxy groups -OCH3 is 1. The van der Waals surface area contributed by atoms with Crippen LogP contribution in [-0.4, -0.2) is 41.0 Å². The molecule has 1 aromatic carbocycles. The first kappa shape index (κ1) is 19.1. The summed E-state index contributed by atoms with van der Waals surface area (Å²) in [5.74, 6) is -0.618. The van der Waals surface area contributed by atoms with Crippen molar-refractivity contribution in [3.8, 4) is 5.75 Å². The van der Waals surface area contributed by atoms with Gasteiger partial charge in [-0.2, -0.15) is 0 Å². The third-order valence-electron chi connectivity index (χ3n) is 2.93. The van der Waals surface area contributed by atoms with Crippen LogP contribution in [0.25, 0.3) is 0 Å². The SMILES string of the molecule is CCC(Oc1ccc(F)cc1)C(=O)Nc1nnc(SCC(=O)OC)s1. The van der Waals surface area contributed by atoms with E-state index in [9.17, 15) is 14.0 Å². The topological polar surface area (TPSA) is 90.4 Å². The van der Waals surface area contributed by atoms with Gasteiger partial charge in [-0.25, -0.2) is 4.39 Å². The summed E-state index contributed by atoms with van der Waals surface area (Å²) in [6, 6.07) is 5.43. The van der Waals surface area contributed by atoms with Crippen molar-refractivity contribution in [1.29, 1.82) is 0 Å². The molecule has 1 aromatic heterocycles. The minimum Gasteiger partial charge on any atom is -0.481 e. The molecule has 0 radical (unpaired) electrons. The lowest BCUT2D eigenvalue weighted by Gasteiger charge is -2.16. The molecule has 0 aliphatic carbocycles. The molecule has 7 nitrogen and oxygen atoms in total. The van der Waals surface area contributed by atoms with Crippen LogP contribution in [0.1, 0.15) is 13.3 Å². The fourth-order valence-corrected chi connectivity index (χ4v) is 3.27. The standard InChI is InChI=1S/C15H16FN3O4S2/c1-3-11(23-10-6-4-9(16)5-7-10)13(21)17-14-18-19-15(25-14)24-8-12(20)22-2/h4-7,11H,3,8H2,1-2H3,(H,17,18,21). The van der Waals surface area contributed by atoms with E-state index in [4.69, 9.17) is 4.74 Å². The normalized spacial score (nSPS) is 11.6. The van der Waals surface area contributed by atoms with Crippen molar-refractivity contribution in [1.82, 2.24) is 10.2 Å². The lowest BCUT2D eigenvalue weighted by molar-refractivity contribution is -0.137. The van der Waals surface area contributed by atoms with E-state index in [1.54, 1.807) is 6.92 Å². The van der Waals surface area contributed by atoms with Crippen molar-refractivity contribution in [2.45, 2.75) is 23.8 Å². The number of nitrogens with one attached hydrogen (secondary N) is 1. The van der Waals surface area contributed by atoms with Crippen molar-refractivity contribution >= 4 is 40.1 Å². The largest absolute Gasteiger partial charge is 0.481 e. The maximum Gasteiger partial charge on any atom is 0.316 e. The van der Waals surface area contributed by atoms with Gasteiger partial charge in [0.1, 0.15) is 11.6 Å². The lowest BCUT2D eigenvalue weighted by atomic mass is 10.2. The first-order valence-electron chi connectivity index (χ1n) is 7.28. The van der Waals surface area contributed by atoms with E-state index < -0.39 is 6.10 Å².